The number of sulfonamides is 1. The summed E-state index contributed by atoms with van der Waals surface area (Å²) in [5, 5.41) is 3.67. The molecular weight excluding hydrogens is 500 g/mol. The van der Waals surface area contributed by atoms with Crippen molar-refractivity contribution in [3.8, 4) is 11.5 Å². The van der Waals surface area contributed by atoms with Gasteiger partial charge in [0.15, 0.2) is 11.5 Å². The molecule has 7 nitrogen and oxygen atoms in total. The van der Waals surface area contributed by atoms with E-state index in [1.54, 1.807) is 24.3 Å². The third kappa shape index (κ3) is 5.60. The topological polar surface area (TPSA) is 84.9 Å². The van der Waals surface area contributed by atoms with E-state index in [-0.39, 0.29) is 23.8 Å². The quantitative estimate of drug-likeness (QED) is 0.438. The molecular formula is C27H29ClN2O5S. The summed E-state index contributed by atoms with van der Waals surface area (Å²) in [4.78, 5) is 13.7. The normalized spacial score (nSPS) is 15.1. The van der Waals surface area contributed by atoms with Gasteiger partial charge >= 0.3 is 0 Å². The molecule has 190 valence electrons. The molecule has 36 heavy (non-hydrogen) atoms. The lowest BCUT2D eigenvalue weighted by Crippen LogP contribution is -2.35. The number of hydrogen-bond donors (Lipinski definition) is 1. The van der Waals surface area contributed by atoms with Crippen LogP contribution in [-0.2, 0) is 23.0 Å². The second-order valence-corrected chi connectivity index (χ2v) is 11.1. The number of hydrogen-bond acceptors (Lipinski definition) is 5. The number of nitrogens with zero attached hydrogens (tertiary/aromatic N) is 1. The van der Waals surface area contributed by atoms with Gasteiger partial charge < -0.3 is 14.8 Å². The minimum Gasteiger partial charge on any atom is -0.493 e. The number of carbonyl (C=O) groups excluding carboxylic acids is 1. The van der Waals surface area contributed by atoms with Crippen LogP contribution in [0.15, 0.2) is 60.7 Å². The minimum absolute atomic E-state index is 0.0119. The van der Waals surface area contributed by atoms with Gasteiger partial charge in [0.05, 0.1) is 44.3 Å². The van der Waals surface area contributed by atoms with Crippen LogP contribution in [0.2, 0.25) is 5.02 Å². The van der Waals surface area contributed by atoms with Gasteiger partial charge in [-0.15, -0.1) is 0 Å². The number of fused-ring (bicyclic) bond motifs is 1. The van der Waals surface area contributed by atoms with E-state index in [2.05, 4.69) is 11.4 Å². The van der Waals surface area contributed by atoms with Crippen molar-refractivity contribution >= 4 is 33.2 Å². The molecule has 0 heterocycles. The summed E-state index contributed by atoms with van der Waals surface area (Å²) in [6.07, 6.45) is 3.82. The minimum atomic E-state index is -3.78. The molecule has 1 aliphatic rings. The maximum absolute atomic E-state index is 13.7. The number of ether oxygens (including phenoxy) is 2. The monoisotopic (exact) mass is 528 g/mol. The van der Waals surface area contributed by atoms with Gasteiger partial charge in [-0.25, -0.2) is 8.42 Å². The standard InChI is InChI=1S/C27H29ClN2O5S/c1-34-25-15-22(27(31)29-23-10-6-8-19-7-4-5-9-21(19)23)24(16-26(25)35-2)30(36(3,32)33)17-18-11-13-20(28)14-12-18/h4-5,7,9,11-16,23H,6,8,10,17H2,1-3H3,(H,29,31)/t23-/m0/s1. The molecule has 3 aromatic rings. The largest absolute Gasteiger partial charge is 0.493 e. The molecule has 0 unspecified atom stereocenters. The Kier molecular flexibility index (Phi) is 7.76. The first kappa shape index (κ1) is 25.9. The van der Waals surface area contributed by atoms with Crippen molar-refractivity contribution in [3.63, 3.8) is 0 Å². The lowest BCUT2D eigenvalue weighted by atomic mass is 9.87. The van der Waals surface area contributed by atoms with E-state index in [0.29, 0.717) is 22.1 Å². The van der Waals surface area contributed by atoms with Crippen LogP contribution in [0.3, 0.4) is 0 Å². The zero-order valence-electron chi connectivity index (χ0n) is 20.5. The van der Waals surface area contributed by atoms with E-state index in [1.807, 2.05) is 18.2 Å². The van der Waals surface area contributed by atoms with E-state index >= 15 is 0 Å². The Balaban J connectivity index is 1.78. The molecule has 1 N–H and O–H groups in total. The molecule has 9 heteroatoms. The van der Waals surface area contributed by atoms with E-state index in [0.717, 1.165) is 31.1 Å². The molecule has 3 aromatic carbocycles. The van der Waals surface area contributed by atoms with E-state index in [1.165, 1.54) is 36.2 Å². The lowest BCUT2D eigenvalue weighted by molar-refractivity contribution is 0.0933. The first-order chi connectivity index (χ1) is 17.2. The molecule has 0 aromatic heterocycles. The zero-order chi connectivity index (χ0) is 25.9. The Labute approximate surface area is 217 Å². The highest BCUT2D eigenvalue weighted by molar-refractivity contribution is 7.92. The Morgan fingerprint density at radius 2 is 1.72 bits per heavy atom. The summed E-state index contributed by atoms with van der Waals surface area (Å²) in [5.41, 5.74) is 3.39. The van der Waals surface area contributed by atoms with Crippen molar-refractivity contribution in [2.45, 2.75) is 31.8 Å². The Morgan fingerprint density at radius 3 is 2.39 bits per heavy atom. The van der Waals surface area contributed by atoms with Gasteiger partial charge in [0, 0.05) is 11.1 Å². The molecule has 1 atom stereocenters. The smallest absolute Gasteiger partial charge is 0.254 e. The maximum atomic E-state index is 13.7. The molecule has 0 aliphatic heterocycles. The number of methoxy groups -OCH3 is 2. The molecule has 1 aliphatic carbocycles. The summed E-state index contributed by atoms with van der Waals surface area (Å²) in [6.45, 7) is 0.0119. The van der Waals surface area contributed by atoms with Gasteiger partial charge in [-0.1, -0.05) is 48.0 Å². The van der Waals surface area contributed by atoms with Gasteiger partial charge in [0.1, 0.15) is 0 Å². The fraction of sp³-hybridized carbons (Fsp3) is 0.296. The molecule has 4 rings (SSSR count). The first-order valence-electron chi connectivity index (χ1n) is 11.6. The number of anilines is 1. The van der Waals surface area contributed by atoms with Crippen molar-refractivity contribution in [3.05, 3.63) is 87.9 Å². The summed E-state index contributed by atoms with van der Waals surface area (Å²) in [7, 11) is -0.851. The van der Waals surface area contributed by atoms with Gasteiger partial charge in [-0.2, -0.15) is 0 Å². The molecule has 0 saturated heterocycles. The van der Waals surface area contributed by atoms with Gasteiger partial charge in [-0.3, -0.25) is 9.10 Å². The molecule has 0 radical (unpaired) electrons. The number of nitrogens with one attached hydrogen (secondary N) is 1. The summed E-state index contributed by atoms with van der Waals surface area (Å²) in [6, 6.07) is 17.8. The number of aryl methyl sites for hydroxylation is 1. The van der Waals surface area contributed by atoms with Crippen LogP contribution in [0.5, 0.6) is 11.5 Å². The fourth-order valence-corrected chi connectivity index (χ4v) is 5.55. The number of amides is 1. The fourth-order valence-electron chi connectivity index (χ4n) is 4.53. The predicted molar refractivity (Wildman–Crippen MR) is 142 cm³/mol. The van der Waals surface area contributed by atoms with E-state index in [4.69, 9.17) is 21.1 Å². The van der Waals surface area contributed by atoms with E-state index < -0.39 is 15.9 Å². The van der Waals surface area contributed by atoms with E-state index in [9.17, 15) is 13.2 Å². The first-order valence-corrected chi connectivity index (χ1v) is 13.8. The van der Waals surface area contributed by atoms with Crippen LogP contribution in [-0.4, -0.2) is 34.8 Å². The number of halogens is 1. The van der Waals surface area contributed by atoms with Crippen LogP contribution in [0.25, 0.3) is 0 Å². The molecule has 0 bridgehead atoms. The van der Waals surface area contributed by atoms with Crippen LogP contribution >= 0.6 is 11.6 Å². The lowest BCUT2D eigenvalue weighted by Gasteiger charge is -2.29. The van der Waals surface area contributed by atoms with Crippen LogP contribution in [0.4, 0.5) is 5.69 Å². The maximum Gasteiger partial charge on any atom is 0.254 e. The Morgan fingerprint density at radius 1 is 1.06 bits per heavy atom. The SMILES string of the molecule is COc1cc(C(=O)N[C@H]2CCCc3ccccc32)c(N(Cc2ccc(Cl)cc2)S(C)(=O)=O)cc1OC. The third-order valence-electron chi connectivity index (χ3n) is 6.33. The average molecular weight is 529 g/mol. The van der Waals surface area contributed by atoms with Crippen molar-refractivity contribution in [2.24, 2.45) is 0 Å². The third-order valence-corrected chi connectivity index (χ3v) is 7.71. The molecule has 0 fully saturated rings. The highest BCUT2D eigenvalue weighted by atomic mass is 35.5. The molecule has 0 saturated carbocycles. The number of rotatable bonds is 8. The van der Waals surface area contributed by atoms with Gasteiger partial charge in [-0.05, 0) is 54.2 Å². The Bertz CT molecular complexity index is 1360. The highest BCUT2D eigenvalue weighted by Crippen LogP contribution is 2.38. The van der Waals surface area contributed by atoms with Crippen LogP contribution < -0.4 is 19.1 Å². The van der Waals surface area contributed by atoms with Crippen molar-refractivity contribution < 1.29 is 22.7 Å². The van der Waals surface area contributed by atoms with Gasteiger partial charge in [0.2, 0.25) is 10.0 Å². The summed E-state index contributed by atoms with van der Waals surface area (Å²) < 4.78 is 38.0. The second-order valence-electron chi connectivity index (χ2n) is 8.74. The van der Waals surface area contributed by atoms with Crippen LogP contribution in [0.1, 0.15) is 45.9 Å². The molecule has 1 amide bonds. The van der Waals surface area contributed by atoms with Crippen molar-refractivity contribution in [2.75, 3.05) is 24.8 Å². The summed E-state index contributed by atoms with van der Waals surface area (Å²) in [5.74, 6) is 0.254. The predicted octanol–water partition coefficient (Wildman–Crippen LogP) is 5.13. The zero-order valence-corrected chi connectivity index (χ0v) is 22.0. The average Bonchev–Trinajstić information content (AvgIpc) is 2.87. The Hall–Kier alpha value is -3.23. The van der Waals surface area contributed by atoms with Crippen molar-refractivity contribution in [1.29, 1.82) is 0 Å². The summed E-state index contributed by atoms with van der Waals surface area (Å²) >= 11 is 6.01. The molecule has 0 spiro atoms. The number of carbonyl (C=O) groups is 1. The van der Waals surface area contributed by atoms with Crippen molar-refractivity contribution in [1.82, 2.24) is 5.32 Å². The van der Waals surface area contributed by atoms with Gasteiger partial charge in [0.25, 0.3) is 5.91 Å². The van der Waals surface area contributed by atoms with Crippen LogP contribution in [0, 0.1) is 0 Å². The number of benzene rings is 3. The highest BCUT2D eigenvalue weighted by Gasteiger charge is 2.29. The second kappa shape index (κ2) is 10.8.